The molecule has 2 aromatic carbocycles. The Labute approximate surface area is 166 Å². The maximum absolute atomic E-state index is 12.0. The summed E-state index contributed by atoms with van der Waals surface area (Å²) in [5, 5.41) is 18.7. The number of hydrogen-bond acceptors (Lipinski definition) is 4. The van der Waals surface area contributed by atoms with E-state index in [0.717, 1.165) is 20.0 Å². The molecule has 0 fully saturated rings. The van der Waals surface area contributed by atoms with Crippen LogP contribution in [0.25, 0.3) is 10.9 Å². The Morgan fingerprint density at radius 3 is 2.77 bits per heavy atom. The van der Waals surface area contributed by atoms with Crippen molar-refractivity contribution < 1.29 is 14.6 Å². The van der Waals surface area contributed by atoms with Crippen LogP contribution in [0, 0.1) is 6.92 Å². The Morgan fingerprint density at radius 2 is 2.04 bits per heavy atom. The fourth-order valence-electron chi connectivity index (χ4n) is 2.58. The number of aryl methyl sites for hydroxylation is 2. The fraction of sp³-hybridized carbons (Fsp3) is 0.167. The van der Waals surface area contributed by atoms with Crippen LogP contribution in [-0.2, 0) is 11.8 Å². The third-order valence-corrected chi connectivity index (χ3v) is 4.85. The molecule has 0 spiro atoms. The maximum Gasteiger partial charge on any atom is 0.302 e. The van der Waals surface area contributed by atoms with Gasteiger partial charge in [-0.2, -0.15) is 0 Å². The van der Waals surface area contributed by atoms with E-state index in [9.17, 15) is 9.90 Å². The van der Waals surface area contributed by atoms with E-state index in [1.807, 2.05) is 25.1 Å². The Hall–Kier alpha value is -2.19. The molecule has 0 bridgehead atoms. The summed E-state index contributed by atoms with van der Waals surface area (Å²) < 4.78 is 8.66. The fourth-order valence-corrected chi connectivity index (χ4v) is 3.80. The number of nitrogens with zero attached hydrogens (tertiary/aromatic N) is 3. The van der Waals surface area contributed by atoms with E-state index in [1.54, 1.807) is 29.8 Å². The molecule has 6 nitrogen and oxygen atoms in total. The zero-order valence-electron chi connectivity index (χ0n) is 14.0. The van der Waals surface area contributed by atoms with E-state index < -0.39 is 5.91 Å². The topological polar surface area (TPSA) is 76.2 Å². The van der Waals surface area contributed by atoms with Gasteiger partial charge in [-0.25, -0.2) is 0 Å². The third kappa shape index (κ3) is 3.81. The van der Waals surface area contributed by atoms with Gasteiger partial charge in [-0.3, -0.25) is 4.79 Å². The molecule has 1 N–H and O–H groups in total. The first kappa shape index (κ1) is 18.6. The van der Waals surface area contributed by atoms with Crippen molar-refractivity contribution in [2.75, 3.05) is 6.61 Å². The van der Waals surface area contributed by atoms with E-state index in [-0.39, 0.29) is 18.2 Å². The van der Waals surface area contributed by atoms with E-state index in [1.165, 1.54) is 0 Å². The molecule has 0 aliphatic carbocycles. The first-order valence-corrected chi connectivity index (χ1v) is 9.26. The summed E-state index contributed by atoms with van der Waals surface area (Å²) in [7, 11) is 1.72. The van der Waals surface area contributed by atoms with Crippen molar-refractivity contribution >= 4 is 54.4 Å². The highest BCUT2D eigenvalue weighted by atomic mass is 79.9. The van der Waals surface area contributed by atoms with Crippen molar-refractivity contribution in [2.45, 2.75) is 6.92 Å². The molecule has 1 aromatic heterocycles. The molecule has 3 rings (SSSR count). The van der Waals surface area contributed by atoms with Crippen molar-refractivity contribution in [1.82, 2.24) is 4.57 Å². The molecule has 0 atom stereocenters. The molecule has 0 aliphatic rings. The Balaban J connectivity index is 1.82. The number of azo groups is 1. The lowest BCUT2D eigenvalue weighted by atomic mass is 10.1. The molecular formula is C18H15Br2N3O3. The largest absolute Gasteiger partial charge is 0.493 e. The second-order valence-electron chi connectivity index (χ2n) is 5.71. The lowest BCUT2D eigenvalue weighted by molar-refractivity contribution is -0.120. The van der Waals surface area contributed by atoms with Crippen LogP contribution in [0.5, 0.6) is 11.6 Å². The maximum atomic E-state index is 12.0. The minimum atomic E-state index is -0.548. The van der Waals surface area contributed by atoms with Gasteiger partial charge < -0.3 is 14.4 Å². The monoisotopic (exact) mass is 479 g/mol. The van der Waals surface area contributed by atoms with Crippen molar-refractivity contribution in [1.29, 1.82) is 0 Å². The van der Waals surface area contributed by atoms with Crippen molar-refractivity contribution in [2.24, 2.45) is 17.3 Å². The van der Waals surface area contributed by atoms with Crippen molar-refractivity contribution in [3.05, 3.63) is 50.9 Å². The van der Waals surface area contributed by atoms with Gasteiger partial charge in [0.15, 0.2) is 12.3 Å². The van der Waals surface area contributed by atoms with Gasteiger partial charge >= 0.3 is 5.91 Å². The highest BCUT2D eigenvalue weighted by Crippen LogP contribution is 2.41. The Kier molecular flexibility index (Phi) is 5.43. The molecule has 8 heteroatoms. The van der Waals surface area contributed by atoms with E-state index in [0.29, 0.717) is 11.1 Å². The molecule has 134 valence electrons. The molecule has 0 saturated carbocycles. The summed E-state index contributed by atoms with van der Waals surface area (Å²) in [6, 6.07) is 11.0. The van der Waals surface area contributed by atoms with Crippen LogP contribution in [0.4, 0.5) is 5.69 Å². The van der Waals surface area contributed by atoms with Gasteiger partial charge in [0.05, 0.1) is 5.52 Å². The zero-order chi connectivity index (χ0) is 18.8. The van der Waals surface area contributed by atoms with Gasteiger partial charge in [-0.1, -0.05) is 22.0 Å². The lowest BCUT2D eigenvalue weighted by Gasteiger charge is -2.02. The predicted molar refractivity (Wildman–Crippen MR) is 106 cm³/mol. The average molecular weight is 481 g/mol. The number of benzene rings is 2. The van der Waals surface area contributed by atoms with Gasteiger partial charge in [0, 0.05) is 21.4 Å². The quantitative estimate of drug-likeness (QED) is 0.507. The van der Waals surface area contributed by atoms with Crippen LogP contribution in [-0.4, -0.2) is 22.2 Å². The summed E-state index contributed by atoms with van der Waals surface area (Å²) in [5.41, 5.74) is 2.03. The van der Waals surface area contributed by atoms with Crippen LogP contribution in [0.1, 0.15) is 5.56 Å². The Morgan fingerprint density at radius 1 is 1.27 bits per heavy atom. The highest BCUT2D eigenvalue weighted by molar-refractivity contribution is 9.11. The number of carbonyl (C=O) groups excluding carboxylic acids is 1. The van der Waals surface area contributed by atoms with Gasteiger partial charge in [0.1, 0.15) is 5.75 Å². The SMILES string of the molecule is Cc1cc(Br)c2c(c1)c(N=NC(=O)COc1cccc(Br)c1)c(O)n2C. The first-order valence-electron chi connectivity index (χ1n) is 7.67. The van der Waals surface area contributed by atoms with Crippen LogP contribution < -0.4 is 4.74 Å². The van der Waals surface area contributed by atoms with Crippen LogP contribution in [0.2, 0.25) is 0 Å². The number of carbonyl (C=O) groups is 1. The molecule has 0 radical (unpaired) electrons. The summed E-state index contributed by atoms with van der Waals surface area (Å²) in [6.45, 7) is 1.69. The van der Waals surface area contributed by atoms with E-state index in [2.05, 4.69) is 42.1 Å². The molecular weight excluding hydrogens is 466 g/mol. The van der Waals surface area contributed by atoms with Gasteiger partial charge in [0.2, 0.25) is 5.88 Å². The number of halogens is 2. The molecule has 0 saturated heterocycles. The van der Waals surface area contributed by atoms with Gasteiger partial charge in [-0.15, -0.1) is 10.2 Å². The van der Waals surface area contributed by atoms with Crippen LogP contribution in [0.3, 0.4) is 0 Å². The lowest BCUT2D eigenvalue weighted by Crippen LogP contribution is -2.07. The molecule has 0 aliphatic heterocycles. The second kappa shape index (κ2) is 7.59. The number of aromatic hydroxyl groups is 1. The second-order valence-corrected chi connectivity index (χ2v) is 7.48. The number of fused-ring (bicyclic) bond motifs is 1. The van der Waals surface area contributed by atoms with E-state index >= 15 is 0 Å². The minimum absolute atomic E-state index is 0.0595. The highest BCUT2D eigenvalue weighted by Gasteiger charge is 2.17. The average Bonchev–Trinajstić information content (AvgIpc) is 2.82. The van der Waals surface area contributed by atoms with Crippen molar-refractivity contribution in [3.63, 3.8) is 0 Å². The predicted octanol–water partition coefficient (Wildman–Crippen LogP) is 5.41. The van der Waals surface area contributed by atoms with Crippen molar-refractivity contribution in [3.8, 4) is 11.6 Å². The molecule has 3 aromatic rings. The third-order valence-electron chi connectivity index (χ3n) is 3.75. The zero-order valence-corrected chi connectivity index (χ0v) is 17.2. The summed E-state index contributed by atoms with van der Waals surface area (Å²) >= 11 is 6.82. The molecule has 1 heterocycles. The summed E-state index contributed by atoms with van der Waals surface area (Å²) in [5.74, 6) is -0.0562. The summed E-state index contributed by atoms with van der Waals surface area (Å²) in [6.07, 6.45) is 0. The first-order chi connectivity index (χ1) is 12.4. The number of rotatable bonds is 4. The number of amides is 1. The van der Waals surface area contributed by atoms with Crippen LogP contribution in [0.15, 0.2) is 55.6 Å². The van der Waals surface area contributed by atoms with Crippen LogP contribution >= 0.6 is 31.9 Å². The normalized spacial score (nSPS) is 11.4. The van der Waals surface area contributed by atoms with E-state index in [4.69, 9.17) is 4.74 Å². The van der Waals surface area contributed by atoms with Gasteiger partial charge in [-0.05, 0) is 58.7 Å². The molecule has 0 unspecified atom stereocenters. The van der Waals surface area contributed by atoms with Gasteiger partial charge in [0.25, 0.3) is 0 Å². The number of ether oxygens (including phenoxy) is 1. The number of hydrogen-bond donors (Lipinski definition) is 1. The number of aromatic nitrogens is 1. The smallest absolute Gasteiger partial charge is 0.302 e. The molecule has 26 heavy (non-hydrogen) atoms. The Bertz CT molecular complexity index is 1030. The summed E-state index contributed by atoms with van der Waals surface area (Å²) in [4.78, 5) is 12.0. The standard InChI is InChI=1S/C18H15Br2N3O3/c1-10-6-13-16(18(25)23(2)17(13)14(20)7-10)22-21-15(24)9-26-12-5-3-4-11(19)8-12/h3-8,25H,9H2,1-2H3. The molecule has 1 amide bonds. The minimum Gasteiger partial charge on any atom is -0.493 e.